The van der Waals surface area contributed by atoms with Gasteiger partial charge in [-0.05, 0) is 24.3 Å². The lowest BCUT2D eigenvalue weighted by Crippen LogP contribution is -2.43. The van der Waals surface area contributed by atoms with Gasteiger partial charge in [0.2, 0.25) is 0 Å². The monoisotopic (exact) mass is 489 g/mol. The van der Waals surface area contributed by atoms with E-state index in [0.717, 1.165) is 53.8 Å². The predicted octanol–water partition coefficient (Wildman–Crippen LogP) is 2.29. The van der Waals surface area contributed by atoms with Gasteiger partial charge in [0.1, 0.15) is 16.5 Å². The molecule has 3 aromatic rings. The number of thioether (sulfide) groups is 1. The maximum atomic E-state index is 12.7. The molecule has 5 rings (SSSR count). The first-order chi connectivity index (χ1) is 15.5. The van der Waals surface area contributed by atoms with E-state index in [0.29, 0.717) is 16.5 Å². The lowest BCUT2D eigenvalue weighted by molar-refractivity contribution is 0.298. The van der Waals surface area contributed by atoms with Crippen LogP contribution in [0.2, 0.25) is 0 Å². The van der Waals surface area contributed by atoms with Gasteiger partial charge in [0.25, 0.3) is 10.0 Å². The number of H-pyrrole nitrogens is 1. The maximum absolute atomic E-state index is 12.7. The van der Waals surface area contributed by atoms with Crippen molar-refractivity contribution < 1.29 is 13.0 Å². The molecule has 0 bridgehead atoms. The molecule has 0 spiro atoms. The molecule has 2 aromatic heterocycles. The average molecular weight is 490 g/mol. The van der Waals surface area contributed by atoms with Gasteiger partial charge in [-0.25, -0.2) is 4.98 Å². The van der Waals surface area contributed by atoms with Crippen LogP contribution in [0, 0.1) is 0 Å². The Morgan fingerprint density at radius 1 is 1.22 bits per heavy atom. The minimum Gasteiger partial charge on any atom is -0.616 e. The number of aromatic amines is 1. The molecule has 1 atom stereocenters. The fraction of sp³-hybridized carbons (Fsp3) is 0.333. The quantitative estimate of drug-likeness (QED) is 0.514. The largest absolute Gasteiger partial charge is 0.616 e. The van der Waals surface area contributed by atoms with Crippen molar-refractivity contribution in [1.29, 1.82) is 0 Å². The highest BCUT2D eigenvalue weighted by atomic mass is 32.2. The molecule has 2 aliphatic heterocycles. The van der Waals surface area contributed by atoms with Crippen LogP contribution in [0.3, 0.4) is 0 Å². The number of benzene rings is 1. The molecule has 0 radical (unpaired) electrons. The number of rotatable bonds is 6. The molecule has 11 heteroatoms. The van der Waals surface area contributed by atoms with E-state index in [9.17, 15) is 13.0 Å². The number of pyridine rings is 1. The fourth-order valence-corrected chi connectivity index (χ4v) is 7.15. The first-order valence-electron chi connectivity index (χ1n) is 10.3. The molecule has 2 N–H and O–H groups in total. The highest BCUT2D eigenvalue weighted by molar-refractivity contribution is 8.15. The SMILES string of the molecule is O=S(=O)(Nc1cccc2cc(C3=NCC(CN4CC[S+]([O-])CC4)S3)[nH]c12)c1ccccn1. The molecule has 32 heavy (non-hydrogen) atoms. The van der Waals surface area contributed by atoms with Crippen LogP contribution in [0.1, 0.15) is 5.69 Å². The summed E-state index contributed by atoms with van der Waals surface area (Å²) in [6.45, 7) is 3.44. The van der Waals surface area contributed by atoms with E-state index < -0.39 is 21.2 Å². The van der Waals surface area contributed by atoms with E-state index in [1.807, 2.05) is 18.2 Å². The van der Waals surface area contributed by atoms with Gasteiger partial charge in [-0.15, -0.1) is 0 Å². The van der Waals surface area contributed by atoms with Gasteiger partial charge in [-0.3, -0.25) is 14.6 Å². The standard InChI is InChI=1S/C21H23N5O3S3/c27-31-10-8-26(9-11-31)14-16-13-23-21(30-16)18-12-15-4-3-5-17(20(15)24-18)25-32(28,29)19-6-1-2-7-22-19/h1-7,12,16,24-25H,8-11,13-14H2. The molecule has 0 aliphatic carbocycles. The number of nitrogens with one attached hydrogen (secondary N) is 2. The van der Waals surface area contributed by atoms with Crippen molar-refractivity contribution in [2.75, 3.05) is 42.4 Å². The van der Waals surface area contributed by atoms with Crippen LogP contribution < -0.4 is 4.72 Å². The third kappa shape index (κ3) is 4.67. The first kappa shape index (κ1) is 21.8. The zero-order valence-electron chi connectivity index (χ0n) is 17.2. The van der Waals surface area contributed by atoms with E-state index in [1.54, 1.807) is 30.0 Å². The Hall–Kier alpha value is -2.05. The molecule has 0 amide bonds. The Balaban J connectivity index is 1.31. The van der Waals surface area contributed by atoms with Crippen LogP contribution >= 0.6 is 11.8 Å². The Morgan fingerprint density at radius 3 is 2.84 bits per heavy atom. The van der Waals surface area contributed by atoms with Crippen LogP contribution in [0.15, 0.2) is 58.7 Å². The molecule has 4 heterocycles. The van der Waals surface area contributed by atoms with Crippen molar-refractivity contribution in [3.05, 3.63) is 54.4 Å². The number of fused-ring (bicyclic) bond motifs is 1. The molecule has 1 fully saturated rings. The molecule has 0 saturated carbocycles. The van der Waals surface area contributed by atoms with Gasteiger partial charge < -0.3 is 9.54 Å². The van der Waals surface area contributed by atoms with Crippen molar-refractivity contribution in [2.45, 2.75) is 10.3 Å². The van der Waals surface area contributed by atoms with Gasteiger partial charge in [0.15, 0.2) is 5.03 Å². The van der Waals surface area contributed by atoms with E-state index in [2.05, 4.69) is 19.6 Å². The minimum absolute atomic E-state index is 0.0242. The zero-order valence-corrected chi connectivity index (χ0v) is 19.7. The molecular formula is C21H23N5O3S3. The number of hydrogen-bond donors (Lipinski definition) is 2. The van der Waals surface area contributed by atoms with E-state index >= 15 is 0 Å². The van der Waals surface area contributed by atoms with Crippen molar-refractivity contribution >= 4 is 54.6 Å². The molecule has 1 unspecified atom stereocenters. The third-order valence-corrected chi connectivity index (χ3v) is 9.25. The summed E-state index contributed by atoms with van der Waals surface area (Å²) in [7, 11) is -3.79. The highest BCUT2D eigenvalue weighted by Crippen LogP contribution is 2.31. The summed E-state index contributed by atoms with van der Waals surface area (Å²) >= 11 is 1.08. The molecule has 168 valence electrons. The Labute approximate surface area is 194 Å². The summed E-state index contributed by atoms with van der Waals surface area (Å²) in [5.41, 5.74) is 2.07. The Bertz CT molecular complexity index is 1240. The lowest BCUT2D eigenvalue weighted by Gasteiger charge is -2.29. The second-order valence-electron chi connectivity index (χ2n) is 7.76. The molecule has 1 aromatic carbocycles. The topological polar surface area (TPSA) is 114 Å². The van der Waals surface area contributed by atoms with E-state index in [1.165, 1.54) is 12.3 Å². The number of sulfonamides is 1. The maximum Gasteiger partial charge on any atom is 0.279 e. The van der Waals surface area contributed by atoms with Crippen molar-refractivity contribution in [3.63, 3.8) is 0 Å². The van der Waals surface area contributed by atoms with Crippen LogP contribution in [-0.2, 0) is 21.2 Å². The molecule has 8 nitrogen and oxygen atoms in total. The van der Waals surface area contributed by atoms with Gasteiger partial charge >= 0.3 is 0 Å². The van der Waals surface area contributed by atoms with Crippen LogP contribution in [0.5, 0.6) is 0 Å². The second-order valence-corrected chi connectivity index (χ2v) is 12.4. The number of aromatic nitrogens is 2. The van der Waals surface area contributed by atoms with Crippen LogP contribution in [-0.4, -0.2) is 75.8 Å². The van der Waals surface area contributed by atoms with Gasteiger partial charge in [-0.2, -0.15) is 8.42 Å². The Kier molecular flexibility index (Phi) is 6.17. The van der Waals surface area contributed by atoms with Crippen molar-refractivity contribution in [2.24, 2.45) is 4.99 Å². The number of para-hydroxylation sites is 1. The van der Waals surface area contributed by atoms with Gasteiger partial charge in [-0.1, -0.05) is 41.1 Å². The molecule has 2 aliphatic rings. The van der Waals surface area contributed by atoms with Crippen molar-refractivity contribution in [1.82, 2.24) is 14.9 Å². The number of hydrogen-bond acceptors (Lipinski definition) is 7. The molecule has 1 saturated heterocycles. The minimum atomic E-state index is -3.79. The van der Waals surface area contributed by atoms with E-state index in [-0.39, 0.29) is 5.03 Å². The smallest absolute Gasteiger partial charge is 0.279 e. The average Bonchev–Trinajstić information content (AvgIpc) is 3.43. The highest BCUT2D eigenvalue weighted by Gasteiger charge is 2.27. The summed E-state index contributed by atoms with van der Waals surface area (Å²) in [5, 5.41) is 2.19. The summed E-state index contributed by atoms with van der Waals surface area (Å²) in [5.74, 6) is 1.51. The number of aliphatic imine (C=N–C) groups is 1. The number of anilines is 1. The van der Waals surface area contributed by atoms with Gasteiger partial charge in [0, 0.05) is 36.5 Å². The third-order valence-electron chi connectivity index (χ3n) is 5.49. The summed E-state index contributed by atoms with van der Waals surface area (Å²) in [6, 6.07) is 12.3. The second kappa shape index (κ2) is 9.06. The summed E-state index contributed by atoms with van der Waals surface area (Å²) in [4.78, 5) is 14.4. The van der Waals surface area contributed by atoms with Crippen molar-refractivity contribution in [3.8, 4) is 0 Å². The summed E-state index contributed by atoms with van der Waals surface area (Å²) < 4.78 is 39.7. The normalized spacial score (nSPS) is 20.5. The zero-order chi connectivity index (χ0) is 22.1. The Morgan fingerprint density at radius 2 is 2.06 bits per heavy atom. The fourth-order valence-electron chi connectivity index (χ4n) is 3.87. The summed E-state index contributed by atoms with van der Waals surface area (Å²) in [6.07, 6.45) is 1.46. The van der Waals surface area contributed by atoms with E-state index in [4.69, 9.17) is 4.99 Å². The molecular weight excluding hydrogens is 466 g/mol. The van der Waals surface area contributed by atoms with Gasteiger partial charge in [0.05, 0.1) is 23.4 Å². The van der Waals surface area contributed by atoms with Crippen LogP contribution in [0.25, 0.3) is 10.9 Å². The first-order valence-corrected chi connectivity index (χ1v) is 14.2. The lowest BCUT2D eigenvalue weighted by atomic mass is 10.2. The number of nitrogens with zero attached hydrogens (tertiary/aromatic N) is 3. The predicted molar refractivity (Wildman–Crippen MR) is 130 cm³/mol. The van der Waals surface area contributed by atoms with Crippen LogP contribution in [0.4, 0.5) is 5.69 Å².